The zero-order valence-corrected chi connectivity index (χ0v) is 15.9. The molecule has 0 radical (unpaired) electrons. The highest BCUT2D eigenvalue weighted by molar-refractivity contribution is 7.88. The number of carbonyl (C=O) groups is 4. The van der Waals surface area contributed by atoms with E-state index in [2.05, 4.69) is 14.8 Å². The molecule has 3 amide bonds. The van der Waals surface area contributed by atoms with Gasteiger partial charge in [-0.25, -0.2) is 13.1 Å². The van der Waals surface area contributed by atoms with Gasteiger partial charge in [-0.1, -0.05) is 6.08 Å². The van der Waals surface area contributed by atoms with E-state index < -0.39 is 58.5 Å². The van der Waals surface area contributed by atoms with Crippen molar-refractivity contribution in [3.63, 3.8) is 0 Å². The molecule has 0 saturated carbocycles. The Bertz CT molecular complexity index is 809. The van der Waals surface area contributed by atoms with E-state index in [1.54, 1.807) is 0 Å². The minimum atomic E-state index is -3.49. The lowest BCUT2D eigenvalue weighted by Gasteiger charge is -2.25. The molecule has 2 heterocycles. The van der Waals surface area contributed by atoms with Crippen LogP contribution in [0, 0.1) is 5.92 Å². The lowest BCUT2D eigenvalue weighted by molar-refractivity contribution is -0.155. The third-order valence-electron chi connectivity index (χ3n) is 4.21. The molecule has 0 aromatic rings. The number of ether oxygens (including phenoxy) is 1. The topological polar surface area (TPSA) is 185 Å². The lowest BCUT2D eigenvalue weighted by atomic mass is 10.0. The smallest absolute Gasteiger partial charge is 0.310 e. The zero-order valence-electron chi connectivity index (χ0n) is 15.1. The van der Waals surface area contributed by atoms with E-state index in [1.165, 1.54) is 6.08 Å². The van der Waals surface area contributed by atoms with Gasteiger partial charge in [0.1, 0.15) is 12.0 Å². The molecular weight excluding hydrogens is 396 g/mol. The number of hydrogen-bond acceptors (Lipinski definition) is 8. The van der Waals surface area contributed by atoms with Gasteiger partial charge in [-0.3, -0.25) is 19.2 Å². The molecule has 12 nitrogen and oxygen atoms in total. The Kier molecular flexibility index (Phi) is 6.74. The molecule has 0 aromatic heterocycles. The molecule has 0 aliphatic carbocycles. The highest BCUT2D eigenvalue weighted by Gasteiger charge is 2.36. The van der Waals surface area contributed by atoms with Crippen LogP contribution < -0.4 is 15.8 Å². The van der Waals surface area contributed by atoms with Crippen LogP contribution in [0.5, 0.6) is 0 Å². The van der Waals surface area contributed by atoms with E-state index in [4.69, 9.17) is 5.73 Å². The summed E-state index contributed by atoms with van der Waals surface area (Å²) >= 11 is 0. The molecule has 28 heavy (non-hydrogen) atoms. The molecule has 0 bridgehead atoms. The maximum Gasteiger partial charge on any atom is 0.310 e. The molecule has 2 aliphatic rings. The molecule has 2 aliphatic heterocycles. The molecule has 0 spiro atoms. The van der Waals surface area contributed by atoms with Gasteiger partial charge in [-0.15, -0.1) is 0 Å². The highest BCUT2D eigenvalue weighted by Crippen LogP contribution is 2.17. The Balaban J connectivity index is 2.08. The molecule has 13 heteroatoms. The highest BCUT2D eigenvalue weighted by atomic mass is 32.2. The minimum Gasteiger partial charge on any atom is -0.434 e. The summed E-state index contributed by atoms with van der Waals surface area (Å²) in [4.78, 5) is 48.6. The first-order chi connectivity index (χ1) is 13.0. The Labute approximate surface area is 161 Å². The molecule has 0 aromatic carbocycles. The van der Waals surface area contributed by atoms with Crippen LogP contribution in [0.3, 0.4) is 0 Å². The number of nitrogens with zero attached hydrogens (tertiary/aromatic N) is 1. The van der Waals surface area contributed by atoms with E-state index in [-0.39, 0.29) is 25.9 Å². The number of nitrogens with one attached hydrogen (secondary N) is 2. The van der Waals surface area contributed by atoms with Crippen LogP contribution >= 0.6 is 0 Å². The van der Waals surface area contributed by atoms with Gasteiger partial charge in [0, 0.05) is 13.1 Å². The van der Waals surface area contributed by atoms with Gasteiger partial charge in [0.25, 0.3) is 0 Å². The van der Waals surface area contributed by atoms with Crippen LogP contribution in [-0.2, 0) is 33.9 Å². The average Bonchev–Trinajstić information content (AvgIpc) is 2.78. The van der Waals surface area contributed by atoms with Gasteiger partial charge < -0.3 is 25.8 Å². The Morgan fingerprint density at radius 1 is 1.39 bits per heavy atom. The van der Waals surface area contributed by atoms with Gasteiger partial charge in [-0.2, -0.15) is 0 Å². The van der Waals surface area contributed by atoms with E-state index in [9.17, 15) is 32.7 Å². The fourth-order valence-electron chi connectivity index (χ4n) is 2.81. The first-order valence-corrected chi connectivity index (χ1v) is 10.2. The maximum atomic E-state index is 12.6. The number of rotatable bonds is 7. The van der Waals surface area contributed by atoms with Gasteiger partial charge in [-0.05, 0) is 12.0 Å². The largest absolute Gasteiger partial charge is 0.434 e. The van der Waals surface area contributed by atoms with Crippen molar-refractivity contribution in [2.75, 3.05) is 25.9 Å². The molecule has 1 fully saturated rings. The van der Waals surface area contributed by atoms with E-state index in [0.717, 1.165) is 11.2 Å². The summed E-state index contributed by atoms with van der Waals surface area (Å²) in [5, 5.41) is 11.9. The number of cyclic esters (lactones) is 1. The third kappa shape index (κ3) is 6.00. The second kappa shape index (κ2) is 8.67. The number of amides is 3. The Hall–Kier alpha value is -2.51. The molecular formula is C15H22N4O8S. The van der Waals surface area contributed by atoms with Crippen molar-refractivity contribution in [3.8, 4) is 0 Å². The monoisotopic (exact) mass is 418 g/mol. The quantitative estimate of drug-likeness (QED) is 0.187. The van der Waals surface area contributed by atoms with Crippen LogP contribution in [0.2, 0.25) is 0 Å². The zero-order chi connectivity index (χ0) is 21.1. The summed E-state index contributed by atoms with van der Waals surface area (Å²) in [5.41, 5.74) is 5.74. The Morgan fingerprint density at radius 2 is 2.07 bits per heavy atom. The predicted octanol–water partition coefficient (Wildman–Crippen LogP) is -3.45. The molecule has 3 unspecified atom stereocenters. The predicted molar refractivity (Wildman–Crippen MR) is 93.5 cm³/mol. The van der Waals surface area contributed by atoms with Gasteiger partial charge in [0.2, 0.25) is 34.0 Å². The number of sulfonamides is 1. The van der Waals surface area contributed by atoms with Crippen LogP contribution in [-0.4, -0.2) is 80.3 Å². The van der Waals surface area contributed by atoms with Crippen molar-refractivity contribution in [2.24, 2.45) is 11.7 Å². The van der Waals surface area contributed by atoms with Crippen molar-refractivity contribution in [3.05, 3.63) is 11.6 Å². The number of primary amides is 1. The van der Waals surface area contributed by atoms with Gasteiger partial charge in [0.15, 0.2) is 0 Å². The number of nitrogens with two attached hydrogens (primary N) is 1. The second-order valence-electron chi connectivity index (χ2n) is 6.60. The molecule has 5 N–H and O–H groups in total. The van der Waals surface area contributed by atoms with Crippen molar-refractivity contribution >= 4 is 33.7 Å². The van der Waals surface area contributed by atoms with Crippen molar-refractivity contribution < 1.29 is 37.4 Å². The number of hydrogen-bond donors (Lipinski definition) is 4. The number of aliphatic hydroxyl groups excluding tert-OH is 1. The summed E-state index contributed by atoms with van der Waals surface area (Å²) in [6.07, 6.45) is 0.800. The number of carbonyl (C=O) groups excluding carboxylic acids is 4. The first-order valence-electron chi connectivity index (χ1n) is 8.34. The van der Waals surface area contributed by atoms with Crippen LogP contribution in [0.15, 0.2) is 11.6 Å². The molecule has 3 atom stereocenters. The third-order valence-corrected chi connectivity index (χ3v) is 4.88. The molecule has 2 rings (SSSR count). The van der Waals surface area contributed by atoms with Crippen LogP contribution in [0.25, 0.3) is 0 Å². The standard InChI is InChI=1S/C15H22N4O8S/c1-28(25,26)17-5-8-2-3-9(13(16)22)14(23)19(6-8)7-11(20)18-10-4-12(21)27-15(10)24/h2,9-10,15,17,24H,3-7H2,1H3,(H2,16,22)(H,18,20). The summed E-state index contributed by atoms with van der Waals surface area (Å²) in [7, 11) is -3.49. The van der Waals surface area contributed by atoms with E-state index in [0.29, 0.717) is 5.57 Å². The molecule has 1 saturated heterocycles. The molecule has 156 valence electrons. The SMILES string of the molecule is CS(=O)(=O)NCC1=CCC(C(N)=O)C(=O)N(CC(=O)NC2CC(=O)OC2O)C1. The average molecular weight is 418 g/mol. The van der Waals surface area contributed by atoms with Crippen LogP contribution in [0.4, 0.5) is 0 Å². The lowest BCUT2D eigenvalue weighted by Crippen LogP contribution is -2.49. The normalized spacial score (nSPS) is 25.7. The van der Waals surface area contributed by atoms with Crippen LogP contribution in [0.1, 0.15) is 12.8 Å². The fraction of sp³-hybridized carbons (Fsp3) is 0.600. The summed E-state index contributed by atoms with van der Waals surface area (Å²) < 4.78 is 29.4. The summed E-state index contributed by atoms with van der Waals surface area (Å²) in [6, 6.07) is -0.948. The fourth-order valence-corrected chi connectivity index (χ4v) is 3.26. The van der Waals surface area contributed by atoms with E-state index in [1.807, 2.05) is 0 Å². The minimum absolute atomic E-state index is 0.0171. The summed E-state index contributed by atoms with van der Waals surface area (Å²) in [6.45, 7) is -0.670. The number of allylic oxidation sites excluding steroid dienone is 1. The number of esters is 1. The Morgan fingerprint density at radius 3 is 2.61 bits per heavy atom. The second-order valence-corrected chi connectivity index (χ2v) is 8.43. The van der Waals surface area contributed by atoms with Gasteiger partial charge in [0.05, 0.1) is 19.2 Å². The van der Waals surface area contributed by atoms with Crippen molar-refractivity contribution in [1.82, 2.24) is 14.9 Å². The number of aliphatic hydroxyl groups is 1. The maximum absolute atomic E-state index is 12.6. The van der Waals surface area contributed by atoms with Gasteiger partial charge >= 0.3 is 5.97 Å². The first kappa shape index (κ1) is 21.8. The van der Waals surface area contributed by atoms with Crippen molar-refractivity contribution in [1.29, 1.82) is 0 Å². The van der Waals surface area contributed by atoms with E-state index >= 15 is 0 Å². The van der Waals surface area contributed by atoms with Crippen molar-refractivity contribution in [2.45, 2.75) is 25.2 Å². The summed E-state index contributed by atoms with van der Waals surface area (Å²) in [5.74, 6) is -4.09.